The number of aryl methyl sites for hydroxylation is 1. The molecule has 82 valence electrons. The van der Waals surface area contributed by atoms with Gasteiger partial charge in [-0.05, 0) is 47.4 Å². The molecule has 0 aliphatic rings. The van der Waals surface area contributed by atoms with Crippen LogP contribution in [-0.2, 0) is 6.42 Å². The van der Waals surface area contributed by atoms with Crippen LogP contribution in [0.3, 0.4) is 0 Å². The second-order valence-electron chi connectivity index (χ2n) is 3.79. The van der Waals surface area contributed by atoms with Crippen molar-refractivity contribution < 1.29 is 10.2 Å². The Balaban J connectivity index is 2.51. The van der Waals surface area contributed by atoms with Crippen molar-refractivity contribution in [1.82, 2.24) is 0 Å². The molecule has 0 aliphatic carbocycles. The molecule has 2 nitrogen and oxygen atoms in total. The summed E-state index contributed by atoms with van der Waals surface area (Å²) in [5.41, 5.74) is 2.91. The van der Waals surface area contributed by atoms with Crippen molar-refractivity contribution in [3.8, 4) is 22.6 Å². The summed E-state index contributed by atoms with van der Waals surface area (Å²) < 4.78 is 0. The molecule has 2 aromatic rings. The van der Waals surface area contributed by atoms with E-state index in [0.29, 0.717) is 0 Å². The van der Waals surface area contributed by atoms with Gasteiger partial charge in [-0.1, -0.05) is 25.1 Å². The van der Waals surface area contributed by atoms with Gasteiger partial charge in [0.1, 0.15) is 11.5 Å². The number of benzene rings is 2. The molecule has 0 heterocycles. The minimum absolute atomic E-state index is 0.235. The summed E-state index contributed by atoms with van der Waals surface area (Å²) in [5, 5.41) is 19.0. The summed E-state index contributed by atoms with van der Waals surface area (Å²) in [5.74, 6) is 0.497. The lowest BCUT2D eigenvalue weighted by Crippen LogP contribution is -1.83. The van der Waals surface area contributed by atoms with E-state index in [4.69, 9.17) is 0 Å². The number of rotatable bonds is 2. The third-order valence-corrected chi connectivity index (χ3v) is 2.57. The summed E-state index contributed by atoms with van der Waals surface area (Å²) in [6.07, 6.45) is 0.875. The van der Waals surface area contributed by atoms with Crippen LogP contribution in [0.4, 0.5) is 0 Å². The maximum Gasteiger partial charge on any atom is 0.116 e. The third-order valence-electron chi connectivity index (χ3n) is 2.57. The zero-order valence-electron chi connectivity index (χ0n) is 9.14. The summed E-state index contributed by atoms with van der Waals surface area (Å²) >= 11 is 0. The van der Waals surface area contributed by atoms with Gasteiger partial charge in [0.25, 0.3) is 0 Å². The molecule has 0 saturated heterocycles. The Morgan fingerprint density at radius 1 is 0.875 bits per heavy atom. The molecule has 0 fully saturated rings. The van der Waals surface area contributed by atoms with E-state index in [0.717, 1.165) is 23.1 Å². The second kappa shape index (κ2) is 4.27. The fraction of sp³-hybridized carbons (Fsp3) is 0.143. The van der Waals surface area contributed by atoms with Crippen LogP contribution in [0.1, 0.15) is 12.5 Å². The molecule has 0 spiro atoms. The van der Waals surface area contributed by atoms with Crippen LogP contribution < -0.4 is 0 Å². The maximum absolute atomic E-state index is 9.59. The zero-order valence-corrected chi connectivity index (χ0v) is 9.14. The van der Waals surface area contributed by atoms with Gasteiger partial charge >= 0.3 is 0 Å². The number of aromatic hydroxyl groups is 2. The maximum atomic E-state index is 9.59. The van der Waals surface area contributed by atoms with E-state index >= 15 is 0 Å². The first kappa shape index (κ1) is 10.6. The molecule has 0 saturated carbocycles. The van der Waals surface area contributed by atoms with Crippen LogP contribution in [0.15, 0.2) is 42.5 Å². The van der Waals surface area contributed by atoms with E-state index in [1.165, 1.54) is 0 Å². The molecule has 0 atom stereocenters. The smallest absolute Gasteiger partial charge is 0.116 e. The summed E-state index contributed by atoms with van der Waals surface area (Å²) in [6.45, 7) is 2.04. The van der Waals surface area contributed by atoms with Gasteiger partial charge in [0, 0.05) is 0 Å². The predicted molar refractivity (Wildman–Crippen MR) is 64.6 cm³/mol. The Labute approximate surface area is 94.8 Å². The largest absolute Gasteiger partial charge is 0.508 e. The van der Waals surface area contributed by atoms with E-state index in [-0.39, 0.29) is 11.5 Å². The highest BCUT2D eigenvalue weighted by atomic mass is 16.3. The Hall–Kier alpha value is -1.96. The Morgan fingerprint density at radius 3 is 2.31 bits per heavy atom. The summed E-state index contributed by atoms with van der Waals surface area (Å²) in [4.78, 5) is 0. The van der Waals surface area contributed by atoms with Crippen molar-refractivity contribution in [3.05, 3.63) is 48.0 Å². The van der Waals surface area contributed by atoms with Crippen molar-refractivity contribution in [2.45, 2.75) is 13.3 Å². The second-order valence-corrected chi connectivity index (χ2v) is 3.79. The third kappa shape index (κ3) is 2.16. The van der Waals surface area contributed by atoms with Gasteiger partial charge in [-0.2, -0.15) is 0 Å². The quantitative estimate of drug-likeness (QED) is 0.805. The Morgan fingerprint density at radius 2 is 1.62 bits per heavy atom. The molecule has 0 radical (unpaired) electrons. The fourth-order valence-electron chi connectivity index (χ4n) is 1.73. The van der Waals surface area contributed by atoms with Crippen molar-refractivity contribution in [2.24, 2.45) is 0 Å². The molecule has 2 rings (SSSR count). The minimum atomic E-state index is 0.235. The molecule has 0 aliphatic heterocycles. The number of phenols is 2. The normalized spacial score (nSPS) is 10.3. The molecule has 2 aromatic carbocycles. The van der Waals surface area contributed by atoms with Gasteiger partial charge in [-0.25, -0.2) is 0 Å². The topological polar surface area (TPSA) is 40.5 Å². The van der Waals surface area contributed by atoms with Gasteiger partial charge in [-0.3, -0.25) is 0 Å². The highest BCUT2D eigenvalue weighted by Crippen LogP contribution is 2.27. The van der Waals surface area contributed by atoms with Crippen LogP contribution in [0, 0.1) is 0 Å². The molecule has 0 amide bonds. The fourth-order valence-corrected chi connectivity index (χ4v) is 1.73. The predicted octanol–water partition coefficient (Wildman–Crippen LogP) is 3.33. The van der Waals surface area contributed by atoms with Gasteiger partial charge in [0.2, 0.25) is 0 Å². The SMILES string of the molecule is CCc1cc(O)cc(-c2cccc(O)c2)c1. The Kier molecular flexibility index (Phi) is 2.82. The molecule has 2 heteroatoms. The molecule has 0 unspecified atom stereocenters. The lowest BCUT2D eigenvalue weighted by atomic mass is 10.0. The van der Waals surface area contributed by atoms with E-state index in [1.54, 1.807) is 30.3 Å². The van der Waals surface area contributed by atoms with Crippen LogP contribution in [0.5, 0.6) is 11.5 Å². The number of phenolic OH excluding ortho intramolecular Hbond substituents is 2. The van der Waals surface area contributed by atoms with Crippen molar-refractivity contribution in [3.63, 3.8) is 0 Å². The molecular weight excluding hydrogens is 200 g/mol. The standard InChI is InChI=1S/C14H14O2/c1-2-10-6-12(9-14(16)7-10)11-4-3-5-13(15)8-11/h3-9,15-16H,2H2,1H3. The van der Waals surface area contributed by atoms with Crippen LogP contribution >= 0.6 is 0 Å². The minimum Gasteiger partial charge on any atom is -0.508 e. The number of hydrogen-bond acceptors (Lipinski definition) is 2. The molecular formula is C14H14O2. The molecule has 0 aromatic heterocycles. The van der Waals surface area contributed by atoms with Crippen molar-refractivity contribution in [1.29, 1.82) is 0 Å². The summed E-state index contributed by atoms with van der Waals surface area (Å²) in [6, 6.07) is 12.5. The van der Waals surface area contributed by atoms with Gasteiger partial charge in [0.05, 0.1) is 0 Å². The van der Waals surface area contributed by atoms with Crippen LogP contribution in [0.25, 0.3) is 11.1 Å². The molecule has 0 bridgehead atoms. The van der Waals surface area contributed by atoms with E-state index in [1.807, 2.05) is 19.1 Å². The van der Waals surface area contributed by atoms with Crippen LogP contribution in [0.2, 0.25) is 0 Å². The van der Waals surface area contributed by atoms with E-state index in [2.05, 4.69) is 0 Å². The van der Waals surface area contributed by atoms with Gasteiger partial charge < -0.3 is 10.2 Å². The highest BCUT2D eigenvalue weighted by molar-refractivity contribution is 5.67. The highest BCUT2D eigenvalue weighted by Gasteiger charge is 2.02. The average Bonchev–Trinajstić information content (AvgIpc) is 2.28. The Bertz CT molecular complexity index is 504. The molecule has 2 N–H and O–H groups in total. The van der Waals surface area contributed by atoms with E-state index in [9.17, 15) is 10.2 Å². The van der Waals surface area contributed by atoms with Gasteiger partial charge in [-0.15, -0.1) is 0 Å². The monoisotopic (exact) mass is 214 g/mol. The van der Waals surface area contributed by atoms with Crippen LogP contribution in [-0.4, -0.2) is 10.2 Å². The first-order valence-corrected chi connectivity index (χ1v) is 5.31. The van der Waals surface area contributed by atoms with Crippen molar-refractivity contribution >= 4 is 0 Å². The van der Waals surface area contributed by atoms with Gasteiger partial charge in [0.15, 0.2) is 0 Å². The van der Waals surface area contributed by atoms with E-state index < -0.39 is 0 Å². The lowest BCUT2D eigenvalue weighted by molar-refractivity contribution is 0.473. The zero-order chi connectivity index (χ0) is 11.5. The summed E-state index contributed by atoms with van der Waals surface area (Å²) in [7, 11) is 0. The first-order chi connectivity index (χ1) is 7.69. The first-order valence-electron chi connectivity index (χ1n) is 5.31. The lowest BCUT2D eigenvalue weighted by Gasteiger charge is -2.06. The average molecular weight is 214 g/mol. The molecule has 16 heavy (non-hydrogen) atoms. The van der Waals surface area contributed by atoms with Crippen molar-refractivity contribution in [2.75, 3.05) is 0 Å². The number of hydrogen-bond donors (Lipinski definition) is 2.